The van der Waals surface area contributed by atoms with Gasteiger partial charge >= 0.3 is 5.97 Å². The lowest BCUT2D eigenvalue weighted by Gasteiger charge is -2.19. The monoisotopic (exact) mass is 504 g/mol. The summed E-state index contributed by atoms with van der Waals surface area (Å²) in [6.07, 6.45) is 1.75. The molecule has 1 aliphatic heterocycles. The standard InChI is InChI=1S/C22H21BrN2O5S/c1-13(2)25-21(28)18(31-22(25)24-15-7-5-4-6-8-15)11-14-9-16(23)20(17(10-14)29-3)30-12-19(26)27/h4-11,13H,12H2,1-3H3,(H,26,27)/b18-11+,24-22?. The van der Waals surface area contributed by atoms with Crippen molar-refractivity contribution in [2.45, 2.75) is 19.9 Å². The predicted molar refractivity (Wildman–Crippen MR) is 125 cm³/mol. The molecular formula is C22H21BrN2O5S. The van der Waals surface area contributed by atoms with Crippen LogP contribution in [0.15, 0.2) is 56.8 Å². The highest BCUT2D eigenvalue weighted by Crippen LogP contribution is 2.40. The molecule has 0 saturated carbocycles. The van der Waals surface area contributed by atoms with Gasteiger partial charge in [-0.05, 0) is 77.4 Å². The maximum atomic E-state index is 13.1. The third-order valence-corrected chi connectivity index (χ3v) is 5.80. The molecule has 162 valence electrons. The van der Waals surface area contributed by atoms with Crippen LogP contribution in [0.1, 0.15) is 19.4 Å². The van der Waals surface area contributed by atoms with E-state index >= 15 is 0 Å². The molecule has 0 aromatic heterocycles. The first-order valence-corrected chi connectivity index (χ1v) is 11.0. The van der Waals surface area contributed by atoms with Crippen LogP contribution in [0.25, 0.3) is 6.08 Å². The second-order valence-corrected chi connectivity index (χ2v) is 8.69. The molecule has 1 fully saturated rings. The number of methoxy groups -OCH3 is 1. The van der Waals surface area contributed by atoms with Crippen molar-refractivity contribution in [3.05, 3.63) is 57.4 Å². The number of carboxylic acids is 1. The Labute approximate surface area is 192 Å². The number of amidine groups is 1. The molecule has 0 aliphatic carbocycles. The Morgan fingerprint density at radius 2 is 2.00 bits per heavy atom. The zero-order chi connectivity index (χ0) is 22.5. The van der Waals surface area contributed by atoms with Gasteiger partial charge in [0.15, 0.2) is 23.3 Å². The van der Waals surface area contributed by atoms with Crippen molar-refractivity contribution in [1.82, 2.24) is 4.90 Å². The normalized spacial score (nSPS) is 16.4. The Morgan fingerprint density at radius 1 is 1.29 bits per heavy atom. The van der Waals surface area contributed by atoms with Gasteiger partial charge in [0.2, 0.25) is 0 Å². The molecule has 2 aromatic carbocycles. The molecule has 1 amide bonds. The maximum absolute atomic E-state index is 13.1. The van der Waals surface area contributed by atoms with Crippen LogP contribution in [-0.2, 0) is 9.59 Å². The van der Waals surface area contributed by atoms with E-state index in [-0.39, 0.29) is 17.7 Å². The number of halogens is 1. The number of carbonyl (C=O) groups excluding carboxylic acids is 1. The minimum Gasteiger partial charge on any atom is -0.493 e. The van der Waals surface area contributed by atoms with E-state index in [0.717, 1.165) is 5.69 Å². The Bertz CT molecular complexity index is 1050. The molecule has 7 nitrogen and oxygen atoms in total. The van der Waals surface area contributed by atoms with E-state index in [4.69, 9.17) is 14.6 Å². The molecule has 0 spiro atoms. The molecule has 0 radical (unpaired) electrons. The average Bonchev–Trinajstić information content (AvgIpc) is 3.02. The van der Waals surface area contributed by atoms with E-state index in [0.29, 0.717) is 25.9 Å². The Morgan fingerprint density at radius 3 is 2.61 bits per heavy atom. The second-order valence-electron chi connectivity index (χ2n) is 6.83. The summed E-state index contributed by atoms with van der Waals surface area (Å²) in [6, 6.07) is 12.9. The summed E-state index contributed by atoms with van der Waals surface area (Å²) in [6.45, 7) is 3.39. The van der Waals surface area contributed by atoms with Crippen molar-refractivity contribution in [3.8, 4) is 11.5 Å². The van der Waals surface area contributed by atoms with Crippen LogP contribution in [0, 0.1) is 0 Å². The van der Waals surface area contributed by atoms with E-state index in [9.17, 15) is 9.59 Å². The smallest absolute Gasteiger partial charge is 0.341 e. The number of hydrogen-bond donors (Lipinski definition) is 1. The first-order valence-electron chi connectivity index (χ1n) is 9.39. The number of thioether (sulfide) groups is 1. The van der Waals surface area contributed by atoms with Crippen molar-refractivity contribution < 1.29 is 24.2 Å². The van der Waals surface area contributed by atoms with Crippen LogP contribution < -0.4 is 9.47 Å². The molecule has 9 heteroatoms. The Balaban J connectivity index is 1.95. The summed E-state index contributed by atoms with van der Waals surface area (Å²) in [4.78, 5) is 30.7. The second kappa shape index (κ2) is 10.0. The van der Waals surface area contributed by atoms with Crippen molar-refractivity contribution in [1.29, 1.82) is 0 Å². The summed E-state index contributed by atoms with van der Waals surface area (Å²) in [5.74, 6) is -0.576. The van der Waals surface area contributed by atoms with Gasteiger partial charge in [0.05, 0.1) is 22.2 Å². The minimum atomic E-state index is -1.09. The fourth-order valence-corrected chi connectivity index (χ4v) is 4.58. The van der Waals surface area contributed by atoms with Crippen molar-refractivity contribution in [2.24, 2.45) is 4.99 Å². The van der Waals surface area contributed by atoms with Gasteiger partial charge in [0, 0.05) is 6.04 Å². The number of hydrogen-bond acceptors (Lipinski definition) is 6. The molecule has 3 rings (SSSR count). The Kier molecular flexibility index (Phi) is 7.40. The van der Waals surface area contributed by atoms with Crippen LogP contribution in [-0.4, -0.2) is 46.8 Å². The summed E-state index contributed by atoms with van der Waals surface area (Å²) >= 11 is 4.70. The fourth-order valence-electron chi connectivity index (χ4n) is 2.88. The van der Waals surface area contributed by atoms with Gasteiger partial charge in [-0.1, -0.05) is 18.2 Å². The largest absolute Gasteiger partial charge is 0.493 e. The highest BCUT2D eigenvalue weighted by atomic mass is 79.9. The number of aliphatic imine (C=N–C) groups is 1. The maximum Gasteiger partial charge on any atom is 0.341 e. The van der Waals surface area contributed by atoms with Crippen LogP contribution >= 0.6 is 27.7 Å². The molecule has 1 N–H and O–H groups in total. The topological polar surface area (TPSA) is 88.4 Å². The molecular weight excluding hydrogens is 484 g/mol. The van der Waals surface area contributed by atoms with E-state index in [2.05, 4.69) is 20.9 Å². The highest BCUT2D eigenvalue weighted by molar-refractivity contribution is 9.10. The summed E-state index contributed by atoms with van der Waals surface area (Å²) in [5, 5.41) is 9.47. The quantitative estimate of drug-likeness (QED) is 0.537. The first-order chi connectivity index (χ1) is 14.8. The van der Waals surface area contributed by atoms with Gasteiger partial charge in [-0.2, -0.15) is 0 Å². The lowest BCUT2D eigenvalue weighted by Crippen LogP contribution is -2.35. The lowest BCUT2D eigenvalue weighted by molar-refractivity contribution is -0.139. The molecule has 31 heavy (non-hydrogen) atoms. The minimum absolute atomic E-state index is 0.0542. The fraction of sp³-hybridized carbons (Fsp3) is 0.227. The lowest BCUT2D eigenvalue weighted by atomic mass is 10.1. The number of ether oxygens (including phenoxy) is 2. The van der Waals surface area contributed by atoms with E-state index in [1.165, 1.54) is 18.9 Å². The van der Waals surface area contributed by atoms with Crippen molar-refractivity contribution in [2.75, 3.05) is 13.7 Å². The highest BCUT2D eigenvalue weighted by Gasteiger charge is 2.35. The number of nitrogens with zero attached hydrogens (tertiary/aromatic N) is 2. The zero-order valence-corrected chi connectivity index (χ0v) is 19.6. The zero-order valence-electron chi connectivity index (χ0n) is 17.2. The third kappa shape index (κ3) is 5.48. The number of para-hydroxylation sites is 1. The SMILES string of the molecule is COc1cc(/C=C2/SC(=Nc3ccccc3)N(C(C)C)C2=O)cc(Br)c1OCC(=O)O. The van der Waals surface area contributed by atoms with Crippen LogP contribution in [0.3, 0.4) is 0 Å². The van der Waals surface area contributed by atoms with E-state index < -0.39 is 12.6 Å². The van der Waals surface area contributed by atoms with Crippen LogP contribution in [0.2, 0.25) is 0 Å². The van der Waals surface area contributed by atoms with Crippen molar-refractivity contribution >= 4 is 56.5 Å². The molecule has 1 aliphatic rings. The van der Waals surface area contributed by atoms with Crippen LogP contribution in [0.5, 0.6) is 11.5 Å². The molecule has 0 unspecified atom stereocenters. The first kappa shape index (κ1) is 22.9. The number of carboxylic acid groups (broad SMARTS) is 1. The average molecular weight is 505 g/mol. The van der Waals surface area contributed by atoms with Crippen LogP contribution in [0.4, 0.5) is 5.69 Å². The molecule has 0 atom stereocenters. The predicted octanol–water partition coefficient (Wildman–Crippen LogP) is 4.93. The van der Waals surface area contributed by atoms with Crippen molar-refractivity contribution in [3.63, 3.8) is 0 Å². The van der Waals surface area contributed by atoms with Gasteiger partial charge in [0.25, 0.3) is 5.91 Å². The number of amides is 1. The molecule has 0 bridgehead atoms. The van der Waals surface area contributed by atoms with E-state index in [1.807, 2.05) is 44.2 Å². The van der Waals surface area contributed by atoms with Gasteiger partial charge in [-0.15, -0.1) is 0 Å². The molecule has 2 aromatic rings. The molecule has 1 heterocycles. The van der Waals surface area contributed by atoms with Gasteiger partial charge < -0.3 is 14.6 Å². The van der Waals surface area contributed by atoms with Gasteiger partial charge in [-0.3, -0.25) is 9.69 Å². The number of rotatable bonds is 7. The Hall–Kier alpha value is -2.78. The van der Waals surface area contributed by atoms with Gasteiger partial charge in [-0.25, -0.2) is 9.79 Å². The summed E-state index contributed by atoms with van der Waals surface area (Å²) in [5.41, 5.74) is 1.47. The molecule has 1 saturated heterocycles. The number of aliphatic carboxylic acids is 1. The number of benzene rings is 2. The van der Waals surface area contributed by atoms with E-state index in [1.54, 1.807) is 23.1 Å². The summed E-state index contributed by atoms with van der Waals surface area (Å²) < 4.78 is 11.2. The number of carbonyl (C=O) groups is 2. The summed E-state index contributed by atoms with van der Waals surface area (Å²) in [7, 11) is 1.47. The third-order valence-electron chi connectivity index (χ3n) is 4.22. The van der Waals surface area contributed by atoms with Gasteiger partial charge in [0.1, 0.15) is 0 Å².